The number of benzene rings is 1. The van der Waals surface area contributed by atoms with Gasteiger partial charge in [0.2, 0.25) is 11.7 Å². The van der Waals surface area contributed by atoms with Crippen LogP contribution in [0.4, 0.5) is 4.39 Å². The van der Waals surface area contributed by atoms with Crippen LogP contribution in [0.5, 0.6) is 0 Å². The van der Waals surface area contributed by atoms with Gasteiger partial charge in [0.1, 0.15) is 5.82 Å². The summed E-state index contributed by atoms with van der Waals surface area (Å²) in [6.07, 6.45) is 7.40. The van der Waals surface area contributed by atoms with E-state index in [1.165, 1.54) is 43.2 Å². The van der Waals surface area contributed by atoms with Gasteiger partial charge in [0.25, 0.3) is 0 Å². The van der Waals surface area contributed by atoms with Crippen LogP contribution < -0.4 is 5.32 Å². The van der Waals surface area contributed by atoms with Gasteiger partial charge >= 0.3 is 0 Å². The quantitative estimate of drug-likeness (QED) is 0.527. The Balaban J connectivity index is 1.45. The van der Waals surface area contributed by atoms with E-state index < -0.39 is 0 Å². The highest BCUT2D eigenvalue weighted by atomic mass is 32.2. The van der Waals surface area contributed by atoms with Crippen LogP contribution in [0.15, 0.2) is 52.2 Å². The highest BCUT2D eigenvalue weighted by Crippen LogP contribution is 2.35. The maximum atomic E-state index is 13.1. The fraction of sp³-hybridized carbons (Fsp3) is 0.409. The second kappa shape index (κ2) is 9.47. The lowest BCUT2D eigenvalue weighted by molar-refractivity contribution is -0.119. The van der Waals surface area contributed by atoms with E-state index in [0.29, 0.717) is 11.8 Å². The number of hydrogen-bond acceptors (Lipinski definition) is 5. The van der Waals surface area contributed by atoms with Crippen LogP contribution in [0.25, 0.3) is 11.6 Å². The van der Waals surface area contributed by atoms with Crippen molar-refractivity contribution < 1.29 is 13.6 Å². The standard InChI is InChI=1S/C22H25FN4O2S/c1-15(16-9-11-17(23)12-10-16)24-20(28)14-30-22-26-25-21(19-8-5-13-29-19)27(22)18-6-3-2-4-7-18/h5,8-13,15,18H,2-4,6-7,14H2,1H3,(H,24,28)/t15-/m1/s1. The maximum absolute atomic E-state index is 13.1. The molecule has 0 bridgehead atoms. The van der Waals surface area contributed by atoms with Crippen molar-refractivity contribution in [2.75, 3.05) is 5.75 Å². The molecule has 1 saturated carbocycles. The number of halogens is 1. The maximum Gasteiger partial charge on any atom is 0.230 e. The number of hydrogen-bond donors (Lipinski definition) is 1. The average molecular weight is 429 g/mol. The van der Waals surface area contributed by atoms with Crippen LogP contribution in [-0.2, 0) is 4.79 Å². The summed E-state index contributed by atoms with van der Waals surface area (Å²) in [6.45, 7) is 1.88. The minimum absolute atomic E-state index is 0.102. The molecule has 0 aliphatic heterocycles. The highest BCUT2D eigenvalue weighted by molar-refractivity contribution is 7.99. The zero-order chi connectivity index (χ0) is 20.9. The summed E-state index contributed by atoms with van der Waals surface area (Å²) in [7, 11) is 0. The summed E-state index contributed by atoms with van der Waals surface area (Å²) in [6, 6.07) is 10.0. The number of aromatic nitrogens is 3. The first-order valence-corrected chi connectivity index (χ1v) is 11.3. The van der Waals surface area contributed by atoms with Crippen molar-refractivity contribution in [2.45, 2.75) is 56.3 Å². The van der Waals surface area contributed by atoms with Crippen LogP contribution in [0.1, 0.15) is 56.7 Å². The lowest BCUT2D eigenvalue weighted by atomic mass is 9.95. The van der Waals surface area contributed by atoms with Gasteiger partial charge in [-0.05, 0) is 49.6 Å². The predicted molar refractivity (Wildman–Crippen MR) is 114 cm³/mol. The Bertz CT molecular complexity index is 966. The van der Waals surface area contributed by atoms with Crippen molar-refractivity contribution in [3.05, 3.63) is 54.0 Å². The molecule has 3 aromatic rings. The van der Waals surface area contributed by atoms with Crippen molar-refractivity contribution in [1.29, 1.82) is 0 Å². The minimum atomic E-state index is -0.290. The Hall–Kier alpha value is -2.61. The number of carbonyl (C=O) groups is 1. The van der Waals surface area contributed by atoms with Crippen LogP contribution in [-0.4, -0.2) is 26.4 Å². The summed E-state index contributed by atoms with van der Waals surface area (Å²) in [5, 5.41) is 12.4. The zero-order valence-corrected chi connectivity index (χ0v) is 17.7. The molecule has 8 heteroatoms. The summed E-state index contributed by atoms with van der Waals surface area (Å²) in [4.78, 5) is 12.5. The molecule has 0 radical (unpaired) electrons. The molecule has 30 heavy (non-hydrogen) atoms. The topological polar surface area (TPSA) is 73.0 Å². The summed E-state index contributed by atoms with van der Waals surface area (Å²) in [5.74, 6) is 1.25. The number of carbonyl (C=O) groups excluding carboxylic acids is 1. The van der Waals surface area contributed by atoms with Crippen LogP contribution in [0, 0.1) is 5.82 Å². The number of thioether (sulfide) groups is 1. The van der Waals surface area contributed by atoms with E-state index in [9.17, 15) is 9.18 Å². The third-order valence-corrected chi connectivity index (χ3v) is 6.37. The Morgan fingerprint density at radius 1 is 1.23 bits per heavy atom. The van der Waals surface area contributed by atoms with Gasteiger partial charge in [0.15, 0.2) is 10.9 Å². The monoisotopic (exact) mass is 428 g/mol. The van der Waals surface area contributed by atoms with Gasteiger partial charge in [-0.1, -0.05) is 43.2 Å². The van der Waals surface area contributed by atoms with Crippen molar-refractivity contribution in [3.63, 3.8) is 0 Å². The van der Waals surface area contributed by atoms with Crippen LogP contribution in [0.2, 0.25) is 0 Å². The fourth-order valence-corrected chi connectivity index (χ4v) is 4.68. The van der Waals surface area contributed by atoms with E-state index in [-0.39, 0.29) is 23.5 Å². The minimum Gasteiger partial charge on any atom is -0.461 e. The van der Waals surface area contributed by atoms with Gasteiger partial charge in [0, 0.05) is 6.04 Å². The van der Waals surface area contributed by atoms with Gasteiger partial charge in [0.05, 0.1) is 18.1 Å². The van der Waals surface area contributed by atoms with E-state index in [0.717, 1.165) is 29.4 Å². The van der Waals surface area contributed by atoms with Crippen molar-refractivity contribution in [2.24, 2.45) is 0 Å². The molecule has 1 aromatic carbocycles. The third kappa shape index (κ3) is 4.75. The normalized spacial score (nSPS) is 15.8. The lowest BCUT2D eigenvalue weighted by Crippen LogP contribution is -2.28. The molecule has 6 nitrogen and oxygen atoms in total. The first-order chi connectivity index (χ1) is 14.6. The Morgan fingerprint density at radius 3 is 2.70 bits per heavy atom. The second-order valence-electron chi connectivity index (χ2n) is 7.57. The number of nitrogens with one attached hydrogen (secondary N) is 1. The van der Waals surface area contributed by atoms with Crippen molar-refractivity contribution >= 4 is 17.7 Å². The van der Waals surface area contributed by atoms with Gasteiger partial charge in [-0.3, -0.25) is 9.36 Å². The van der Waals surface area contributed by atoms with Crippen LogP contribution in [0.3, 0.4) is 0 Å². The molecule has 0 spiro atoms. The summed E-state index contributed by atoms with van der Waals surface area (Å²) >= 11 is 1.38. The molecule has 0 saturated heterocycles. The summed E-state index contributed by atoms with van der Waals surface area (Å²) < 4.78 is 20.8. The second-order valence-corrected chi connectivity index (χ2v) is 8.52. The average Bonchev–Trinajstić information content (AvgIpc) is 3.43. The molecule has 1 aliphatic carbocycles. The first kappa shape index (κ1) is 20.7. The number of nitrogens with zero attached hydrogens (tertiary/aromatic N) is 3. The van der Waals surface area contributed by atoms with Gasteiger partial charge in [-0.2, -0.15) is 0 Å². The van der Waals surface area contributed by atoms with Crippen LogP contribution >= 0.6 is 11.8 Å². The molecule has 2 aromatic heterocycles. The first-order valence-electron chi connectivity index (χ1n) is 10.3. The molecule has 1 aliphatic rings. The van der Waals surface area contributed by atoms with Gasteiger partial charge in [-0.25, -0.2) is 4.39 Å². The van der Waals surface area contributed by atoms with Crippen molar-refractivity contribution in [3.8, 4) is 11.6 Å². The highest BCUT2D eigenvalue weighted by Gasteiger charge is 2.25. The fourth-order valence-electron chi connectivity index (χ4n) is 3.87. The molecular formula is C22H25FN4O2S. The molecule has 4 rings (SSSR count). The number of furan rings is 1. The predicted octanol–water partition coefficient (Wildman–Crippen LogP) is 5.15. The Labute approximate surface area is 179 Å². The molecule has 1 fully saturated rings. The van der Waals surface area contributed by atoms with Gasteiger partial charge < -0.3 is 9.73 Å². The van der Waals surface area contributed by atoms with E-state index in [1.54, 1.807) is 18.4 Å². The van der Waals surface area contributed by atoms with E-state index in [2.05, 4.69) is 20.1 Å². The zero-order valence-electron chi connectivity index (χ0n) is 16.9. The molecule has 1 amide bonds. The number of rotatable bonds is 7. The third-order valence-electron chi connectivity index (χ3n) is 5.43. The molecule has 0 unspecified atom stereocenters. The Kier molecular flexibility index (Phi) is 6.52. The SMILES string of the molecule is C[C@@H](NC(=O)CSc1nnc(-c2ccco2)n1C1CCCCC1)c1ccc(F)cc1. The molecule has 1 N–H and O–H groups in total. The Morgan fingerprint density at radius 2 is 2.00 bits per heavy atom. The molecule has 2 heterocycles. The van der Waals surface area contributed by atoms with E-state index in [1.807, 2.05) is 19.1 Å². The molecule has 158 valence electrons. The van der Waals surface area contributed by atoms with Crippen molar-refractivity contribution in [1.82, 2.24) is 20.1 Å². The van der Waals surface area contributed by atoms with E-state index in [4.69, 9.17) is 4.42 Å². The molecular weight excluding hydrogens is 403 g/mol. The lowest BCUT2D eigenvalue weighted by Gasteiger charge is -2.25. The summed E-state index contributed by atoms with van der Waals surface area (Å²) in [5.41, 5.74) is 0.861. The van der Waals surface area contributed by atoms with Gasteiger partial charge in [-0.15, -0.1) is 10.2 Å². The molecule has 1 atom stereocenters. The largest absolute Gasteiger partial charge is 0.461 e. The smallest absolute Gasteiger partial charge is 0.230 e. The number of amides is 1. The van der Waals surface area contributed by atoms with E-state index >= 15 is 0 Å².